The number of benzene rings is 1. The molecule has 1 N–H and O–H groups in total. The van der Waals surface area contributed by atoms with E-state index in [9.17, 15) is 4.79 Å². The van der Waals surface area contributed by atoms with Crippen molar-refractivity contribution in [1.82, 2.24) is 10.3 Å². The Labute approximate surface area is 149 Å². The quantitative estimate of drug-likeness (QED) is 0.727. The van der Waals surface area contributed by atoms with Crippen LogP contribution in [0.2, 0.25) is 0 Å². The van der Waals surface area contributed by atoms with Crippen molar-refractivity contribution in [2.45, 2.75) is 23.6 Å². The number of hydrogen-bond acceptors (Lipinski definition) is 4. The smallest absolute Gasteiger partial charge is 0.233 e. The minimum atomic E-state index is -0.181. The van der Waals surface area contributed by atoms with Crippen LogP contribution in [0, 0.1) is 0 Å². The number of rotatable bonds is 7. The summed E-state index contributed by atoms with van der Waals surface area (Å²) in [5, 5.41) is 3.62. The van der Waals surface area contributed by atoms with Gasteiger partial charge in [-0.25, -0.2) is 4.98 Å². The monoisotopic (exact) mass is 394 g/mol. The highest BCUT2D eigenvalue weighted by atomic mass is 79.9. The van der Waals surface area contributed by atoms with Gasteiger partial charge >= 0.3 is 0 Å². The van der Waals surface area contributed by atoms with Gasteiger partial charge in [0, 0.05) is 17.2 Å². The van der Waals surface area contributed by atoms with E-state index < -0.39 is 0 Å². The SMILES string of the molecule is COc1ccc(CCNC(=O)C(C)Sc2ccc(Br)cn2)cc1. The van der Waals surface area contributed by atoms with Crippen molar-refractivity contribution >= 4 is 33.6 Å². The second-order valence-electron chi connectivity index (χ2n) is 4.96. The molecule has 1 unspecified atom stereocenters. The van der Waals surface area contributed by atoms with Gasteiger partial charge in [0.1, 0.15) is 5.75 Å². The fraction of sp³-hybridized carbons (Fsp3) is 0.294. The zero-order valence-electron chi connectivity index (χ0n) is 13.1. The lowest BCUT2D eigenvalue weighted by Crippen LogP contribution is -2.32. The number of methoxy groups -OCH3 is 1. The Morgan fingerprint density at radius 1 is 1.30 bits per heavy atom. The summed E-state index contributed by atoms with van der Waals surface area (Å²) in [4.78, 5) is 16.4. The molecular weight excluding hydrogens is 376 g/mol. The van der Waals surface area contributed by atoms with Crippen molar-refractivity contribution in [2.24, 2.45) is 0 Å². The van der Waals surface area contributed by atoms with Crippen molar-refractivity contribution in [3.8, 4) is 5.75 Å². The third kappa shape index (κ3) is 5.88. The van der Waals surface area contributed by atoms with E-state index in [2.05, 4.69) is 26.2 Å². The predicted octanol–water partition coefficient (Wildman–Crippen LogP) is 3.69. The van der Waals surface area contributed by atoms with Crippen LogP contribution in [0.15, 0.2) is 52.1 Å². The van der Waals surface area contributed by atoms with E-state index in [-0.39, 0.29) is 11.2 Å². The molecule has 122 valence electrons. The zero-order valence-corrected chi connectivity index (χ0v) is 15.5. The highest BCUT2D eigenvalue weighted by Crippen LogP contribution is 2.22. The summed E-state index contributed by atoms with van der Waals surface area (Å²) in [5.74, 6) is 0.859. The first-order valence-corrected chi connectivity index (χ1v) is 8.94. The number of nitrogens with one attached hydrogen (secondary N) is 1. The maximum absolute atomic E-state index is 12.1. The molecule has 1 atom stereocenters. The summed E-state index contributed by atoms with van der Waals surface area (Å²) in [7, 11) is 1.65. The van der Waals surface area contributed by atoms with Gasteiger partial charge in [-0.3, -0.25) is 4.79 Å². The number of thioether (sulfide) groups is 1. The fourth-order valence-corrected chi connectivity index (χ4v) is 2.98. The number of nitrogens with zero attached hydrogens (tertiary/aromatic N) is 1. The van der Waals surface area contributed by atoms with Gasteiger partial charge in [-0.2, -0.15) is 0 Å². The van der Waals surface area contributed by atoms with Gasteiger partial charge in [-0.15, -0.1) is 0 Å². The molecule has 1 aromatic heterocycles. The minimum Gasteiger partial charge on any atom is -0.497 e. The van der Waals surface area contributed by atoms with Crippen LogP contribution in [0.25, 0.3) is 0 Å². The first-order valence-electron chi connectivity index (χ1n) is 7.27. The van der Waals surface area contributed by atoms with E-state index >= 15 is 0 Å². The number of aromatic nitrogens is 1. The van der Waals surface area contributed by atoms with Crippen molar-refractivity contribution in [3.63, 3.8) is 0 Å². The molecule has 0 aliphatic carbocycles. The number of carbonyl (C=O) groups is 1. The Kier molecular flexibility index (Phi) is 6.92. The van der Waals surface area contributed by atoms with Gasteiger partial charge in [-0.05, 0) is 59.1 Å². The highest BCUT2D eigenvalue weighted by Gasteiger charge is 2.14. The van der Waals surface area contributed by atoms with E-state index in [0.29, 0.717) is 6.54 Å². The number of ether oxygens (including phenoxy) is 1. The van der Waals surface area contributed by atoms with E-state index in [1.54, 1.807) is 13.3 Å². The second kappa shape index (κ2) is 8.93. The largest absolute Gasteiger partial charge is 0.497 e. The summed E-state index contributed by atoms with van der Waals surface area (Å²) in [5.41, 5.74) is 1.17. The van der Waals surface area contributed by atoms with Crippen LogP contribution in [0.1, 0.15) is 12.5 Å². The fourth-order valence-electron chi connectivity index (χ4n) is 1.93. The lowest BCUT2D eigenvalue weighted by molar-refractivity contribution is -0.120. The predicted molar refractivity (Wildman–Crippen MR) is 97.0 cm³/mol. The third-order valence-electron chi connectivity index (χ3n) is 3.24. The number of halogens is 1. The molecule has 23 heavy (non-hydrogen) atoms. The molecule has 0 radical (unpaired) electrons. The molecule has 2 aromatic rings. The molecule has 0 bridgehead atoms. The average molecular weight is 395 g/mol. The van der Waals surface area contributed by atoms with E-state index in [1.165, 1.54) is 17.3 Å². The number of carbonyl (C=O) groups excluding carboxylic acids is 1. The van der Waals surface area contributed by atoms with Crippen LogP contribution in [0.5, 0.6) is 5.75 Å². The summed E-state index contributed by atoms with van der Waals surface area (Å²) < 4.78 is 6.06. The van der Waals surface area contributed by atoms with E-state index in [1.807, 2.05) is 43.3 Å². The molecular formula is C17H19BrN2O2S. The summed E-state index contributed by atoms with van der Waals surface area (Å²) in [6, 6.07) is 11.7. The van der Waals surface area contributed by atoms with Crippen LogP contribution in [-0.2, 0) is 11.2 Å². The first kappa shape index (κ1) is 17.8. The molecule has 1 heterocycles. The minimum absolute atomic E-state index is 0.0215. The number of pyridine rings is 1. The van der Waals surface area contributed by atoms with Gasteiger partial charge in [0.25, 0.3) is 0 Å². The molecule has 0 aliphatic rings. The number of hydrogen-bond donors (Lipinski definition) is 1. The van der Waals surface area contributed by atoms with Crippen LogP contribution in [0.3, 0.4) is 0 Å². The molecule has 2 rings (SSSR count). The van der Waals surface area contributed by atoms with Crippen molar-refractivity contribution in [3.05, 3.63) is 52.6 Å². The molecule has 0 aliphatic heterocycles. The van der Waals surface area contributed by atoms with Crippen molar-refractivity contribution < 1.29 is 9.53 Å². The maximum atomic E-state index is 12.1. The lowest BCUT2D eigenvalue weighted by Gasteiger charge is -2.11. The summed E-state index contributed by atoms with van der Waals surface area (Å²) >= 11 is 4.80. The molecule has 0 spiro atoms. The summed E-state index contributed by atoms with van der Waals surface area (Å²) in [6.45, 7) is 2.50. The molecule has 1 amide bonds. The number of amides is 1. The maximum Gasteiger partial charge on any atom is 0.233 e. The van der Waals surface area contributed by atoms with Gasteiger partial charge in [0.2, 0.25) is 5.91 Å². The van der Waals surface area contributed by atoms with Gasteiger partial charge in [0.15, 0.2) is 0 Å². The van der Waals surface area contributed by atoms with Crippen molar-refractivity contribution in [1.29, 1.82) is 0 Å². The summed E-state index contributed by atoms with van der Waals surface area (Å²) in [6.07, 6.45) is 2.53. The van der Waals surface area contributed by atoms with Crippen LogP contribution in [0.4, 0.5) is 0 Å². The molecule has 0 fully saturated rings. The normalized spacial score (nSPS) is 11.8. The Bertz CT molecular complexity index is 632. The standard InChI is InChI=1S/C17H19BrN2O2S/c1-12(23-16-8-5-14(18)11-20-16)17(21)19-10-9-13-3-6-15(22-2)7-4-13/h3-8,11-12H,9-10H2,1-2H3,(H,19,21). The van der Waals surface area contributed by atoms with E-state index in [4.69, 9.17) is 4.74 Å². The molecule has 0 saturated carbocycles. The van der Waals surface area contributed by atoms with E-state index in [0.717, 1.165) is 21.7 Å². The molecule has 1 aromatic carbocycles. The third-order valence-corrected chi connectivity index (χ3v) is 4.76. The Hall–Kier alpha value is -1.53. The van der Waals surface area contributed by atoms with Gasteiger partial charge < -0.3 is 10.1 Å². The zero-order chi connectivity index (χ0) is 16.7. The first-order chi connectivity index (χ1) is 11.1. The van der Waals surface area contributed by atoms with Crippen LogP contribution < -0.4 is 10.1 Å². The molecule has 4 nitrogen and oxygen atoms in total. The average Bonchev–Trinajstić information content (AvgIpc) is 2.57. The highest BCUT2D eigenvalue weighted by molar-refractivity contribution is 9.10. The second-order valence-corrected chi connectivity index (χ2v) is 7.24. The Morgan fingerprint density at radius 2 is 2.04 bits per heavy atom. The molecule has 0 saturated heterocycles. The van der Waals surface area contributed by atoms with Gasteiger partial charge in [-0.1, -0.05) is 23.9 Å². The molecule has 6 heteroatoms. The Morgan fingerprint density at radius 3 is 2.65 bits per heavy atom. The van der Waals surface area contributed by atoms with Crippen molar-refractivity contribution in [2.75, 3.05) is 13.7 Å². The van der Waals surface area contributed by atoms with Gasteiger partial charge in [0.05, 0.1) is 17.4 Å². The van der Waals surface area contributed by atoms with Crippen LogP contribution >= 0.6 is 27.7 Å². The Balaban J connectivity index is 1.75. The lowest BCUT2D eigenvalue weighted by atomic mass is 10.1. The van der Waals surface area contributed by atoms with Crippen LogP contribution in [-0.4, -0.2) is 29.8 Å². The topological polar surface area (TPSA) is 51.2 Å².